The lowest BCUT2D eigenvalue weighted by Crippen LogP contribution is -2.00. The molecule has 2 rings (SSSR count). The summed E-state index contributed by atoms with van der Waals surface area (Å²) in [6.45, 7) is 3.09. The van der Waals surface area contributed by atoms with E-state index in [0.29, 0.717) is 0 Å². The number of aryl methyl sites for hydroxylation is 1. The van der Waals surface area contributed by atoms with Crippen LogP contribution < -0.4 is 0 Å². The highest BCUT2D eigenvalue weighted by molar-refractivity contribution is 9.10. The van der Waals surface area contributed by atoms with E-state index in [2.05, 4.69) is 32.9 Å². The van der Waals surface area contributed by atoms with Crippen LogP contribution in [0.2, 0.25) is 0 Å². The lowest BCUT2D eigenvalue weighted by Gasteiger charge is -2.01. The van der Waals surface area contributed by atoms with Crippen molar-refractivity contribution >= 4 is 27.3 Å². The minimum atomic E-state index is 0.891. The predicted octanol–water partition coefficient (Wildman–Crippen LogP) is 3.18. The molecule has 14 heavy (non-hydrogen) atoms. The van der Waals surface area contributed by atoms with Crippen molar-refractivity contribution in [3.8, 4) is 10.7 Å². The molecule has 0 atom stereocenters. The molecule has 74 valence electrons. The average Bonchev–Trinajstić information content (AvgIpc) is 2.74. The molecule has 0 amide bonds. The first-order valence-electron chi connectivity index (χ1n) is 4.44. The highest BCUT2D eigenvalue weighted by Gasteiger charge is 2.08. The molecule has 0 aromatic carbocycles. The maximum Gasteiger partial charge on any atom is 0.142 e. The van der Waals surface area contributed by atoms with Crippen LogP contribution in [-0.4, -0.2) is 14.8 Å². The third-order valence-corrected chi connectivity index (χ3v) is 3.42. The molecule has 2 heterocycles. The van der Waals surface area contributed by atoms with Gasteiger partial charge in [0.15, 0.2) is 0 Å². The van der Waals surface area contributed by atoms with Gasteiger partial charge in [-0.25, -0.2) is 4.98 Å². The number of nitrogens with zero attached hydrogens (tertiary/aromatic N) is 3. The fourth-order valence-electron chi connectivity index (χ4n) is 1.28. The van der Waals surface area contributed by atoms with Crippen LogP contribution in [0.1, 0.15) is 13.3 Å². The number of hydrogen-bond donors (Lipinski definition) is 0. The van der Waals surface area contributed by atoms with Crippen LogP contribution in [0.5, 0.6) is 0 Å². The summed E-state index contributed by atoms with van der Waals surface area (Å²) in [7, 11) is 0. The molecule has 0 saturated carbocycles. The van der Waals surface area contributed by atoms with Crippen molar-refractivity contribution < 1.29 is 0 Å². The zero-order valence-corrected chi connectivity index (χ0v) is 10.2. The monoisotopic (exact) mass is 271 g/mol. The molecule has 0 N–H and O–H groups in total. The second kappa shape index (κ2) is 4.23. The Morgan fingerprint density at radius 2 is 2.43 bits per heavy atom. The van der Waals surface area contributed by atoms with Crippen LogP contribution in [-0.2, 0) is 6.54 Å². The van der Waals surface area contributed by atoms with Crippen molar-refractivity contribution in [1.82, 2.24) is 14.8 Å². The fraction of sp³-hybridized carbons (Fsp3) is 0.333. The Bertz CT molecular complexity index is 421. The van der Waals surface area contributed by atoms with Crippen molar-refractivity contribution in [3.05, 3.63) is 22.2 Å². The zero-order chi connectivity index (χ0) is 9.97. The van der Waals surface area contributed by atoms with Crippen LogP contribution in [0.3, 0.4) is 0 Å². The number of halogens is 1. The summed E-state index contributed by atoms with van der Waals surface area (Å²) >= 11 is 4.98. The smallest absolute Gasteiger partial charge is 0.142 e. The Labute approximate surface area is 94.9 Å². The summed E-state index contributed by atoms with van der Waals surface area (Å²) < 4.78 is 2.88. The van der Waals surface area contributed by atoms with E-state index in [9.17, 15) is 0 Å². The van der Waals surface area contributed by atoms with Gasteiger partial charge in [-0.2, -0.15) is 5.10 Å². The lowest BCUT2D eigenvalue weighted by atomic mass is 10.4. The Morgan fingerprint density at radius 1 is 1.57 bits per heavy atom. The van der Waals surface area contributed by atoms with E-state index in [0.717, 1.165) is 28.3 Å². The Kier molecular flexibility index (Phi) is 2.98. The van der Waals surface area contributed by atoms with Gasteiger partial charge in [0.05, 0.1) is 5.69 Å². The van der Waals surface area contributed by atoms with E-state index in [1.807, 2.05) is 22.3 Å². The molecule has 5 heteroatoms. The van der Waals surface area contributed by atoms with Crippen LogP contribution in [0, 0.1) is 0 Å². The SMILES string of the molecule is CCCn1nccc1-c1nc(Br)cs1. The maximum absolute atomic E-state index is 4.37. The minimum absolute atomic E-state index is 0.891. The van der Waals surface area contributed by atoms with Gasteiger partial charge in [-0.15, -0.1) is 11.3 Å². The largest absolute Gasteiger partial charge is 0.262 e. The summed E-state index contributed by atoms with van der Waals surface area (Å²) in [5.74, 6) is 0. The number of rotatable bonds is 3. The maximum atomic E-state index is 4.37. The second-order valence-corrected chi connectivity index (χ2v) is 4.59. The van der Waals surface area contributed by atoms with E-state index in [4.69, 9.17) is 0 Å². The number of thiazole rings is 1. The molecule has 0 radical (unpaired) electrons. The van der Waals surface area contributed by atoms with Crippen molar-refractivity contribution in [3.63, 3.8) is 0 Å². The molecule has 2 aromatic rings. The normalized spacial score (nSPS) is 10.7. The molecule has 0 aliphatic carbocycles. The highest BCUT2D eigenvalue weighted by Crippen LogP contribution is 2.25. The molecule has 0 aliphatic rings. The Morgan fingerprint density at radius 3 is 3.07 bits per heavy atom. The molecular weight excluding hydrogens is 262 g/mol. The summed E-state index contributed by atoms with van der Waals surface area (Å²) in [6, 6.07) is 2.00. The first-order chi connectivity index (χ1) is 6.81. The fourth-order valence-corrected chi connectivity index (χ4v) is 2.56. The molecule has 0 saturated heterocycles. The van der Waals surface area contributed by atoms with Gasteiger partial charge in [-0.1, -0.05) is 6.92 Å². The molecule has 3 nitrogen and oxygen atoms in total. The van der Waals surface area contributed by atoms with Crippen molar-refractivity contribution in [2.75, 3.05) is 0 Å². The van der Waals surface area contributed by atoms with Crippen LogP contribution in [0.15, 0.2) is 22.2 Å². The van der Waals surface area contributed by atoms with Gasteiger partial charge < -0.3 is 0 Å². The first kappa shape index (κ1) is 9.86. The van der Waals surface area contributed by atoms with Gasteiger partial charge in [0.2, 0.25) is 0 Å². The molecule has 0 unspecified atom stereocenters. The summed E-state index contributed by atoms with van der Waals surface area (Å²) in [4.78, 5) is 4.37. The quantitative estimate of drug-likeness (QED) is 0.859. The van der Waals surface area contributed by atoms with E-state index >= 15 is 0 Å². The van der Waals surface area contributed by atoms with E-state index in [1.54, 1.807) is 11.3 Å². The van der Waals surface area contributed by atoms with Gasteiger partial charge in [-0.3, -0.25) is 4.68 Å². The number of hydrogen-bond acceptors (Lipinski definition) is 3. The minimum Gasteiger partial charge on any atom is -0.262 e. The summed E-state index contributed by atoms with van der Waals surface area (Å²) in [5.41, 5.74) is 1.10. The Balaban J connectivity index is 2.36. The second-order valence-electron chi connectivity index (χ2n) is 2.91. The molecule has 0 bridgehead atoms. The zero-order valence-electron chi connectivity index (χ0n) is 7.77. The van der Waals surface area contributed by atoms with E-state index in [-0.39, 0.29) is 0 Å². The molecule has 0 fully saturated rings. The molecule has 0 spiro atoms. The van der Waals surface area contributed by atoms with E-state index in [1.165, 1.54) is 0 Å². The van der Waals surface area contributed by atoms with Crippen molar-refractivity contribution in [2.24, 2.45) is 0 Å². The van der Waals surface area contributed by atoms with Gasteiger partial charge >= 0.3 is 0 Å². The van der Waals surface area contributed by atoms with Gasteiger partial charge in [-0.05, 0) is 28.4 Å². The van der Waals surface area contributed by atoms with Crippen LogP contribution in [0.4, 0.5) is 0 Å². The standard InChI is InChI=1S/C9H10BrN3S/c1-2-5-13-7(3-4-11-13)9-12-8(10)6-14-9/h3-4,6H,2,5H2,1H3. The van der Waals surface area contributed by atoms with Gasteiger partial charge in [0.1, 0.15) is 9.61 Å². The van der Waals surface area contributed by atoms with E-state index < -0.39 is 0 Å². The van der Waals surface area contributed by atoms with Gasteiger partial charge in [0, 0.05) is 18.1 Å². The average molecular weight is 272 g/mol. The Hall–Kier alpha value is -0.680. The van der Waals surface area contributed by atoms with Crippen LogP contribution >= 0.6 is 27.3 Å². The summed E-state index contributed by atoms with van der Waals surface area (Å²) in [5, 5.41) is 7.26. The third kappa shape index (κ3) is 1.88. The topological polar surface area (TPSA) is 30.7 Å². The molecular formula is C9H10BrN3S. The number of aromatic nitrogens is 3. The summed E-state index contributed by atoms with van der Waals surface area (Å²) in [6.07, 6.45) is 2.90. The molecule has 2 aromatic heterocycles. The van der Waals surface area contributed by atoms with Crippen molar-refractivity contribution in [2.45, 2.75) is 19.9 Å². The molecule has 0 aliphatic heterocycles. The predicted molar refractivity (Wildman–Crippen MR) is 61.3 cm³/mol. The lowest BCUT2D eigenvalue weighted by molar-refractivity contribution is 0.609. The highest BCUT2D eigenvalue weighted by atomic mass is 79.9. The van der Waals surface area contributed by atoms with Gasteiger partial charge in [0.25, 0.3) is 0 Å². The first-order valence-corrected chi connectivity index (χ1v) is 6.11. The van der Waals surface area contributed by atoms with Crippen LogP contribution in [0.25, 0.3) is 10.7 Å². The van der Waals surface area contributed by atoms with Crippen molar-refractivity contribution in [1.29, 1.82) is 0 Å². The third-order valence-electron chi connectivity index (χ3n) is 1.85.